The first-order chi connectivity index (χ1) is 6.07. The second kappa shape index (κ2) is 3.59. The second-order valence-electron chi connectivity index (χ2n) is 2.23. The number of hydrogen-bond acceptors (Lipinski definition) is 2. The van der Waals surface area contributed by atoms with Crippen LogP contribution in [0, 0.1) is 23.5 Å². The van der Waals surface area contributed by atoms with E-state index in [1.807, 2.05) is 0 Å². The number of hydrogen-bond donors (Lipinski definition) is 1. The molecule has 0 bridgehead atoms. The summed E-state index contributed by atoms with van der Waals surface area (Å²) in [5.74, 6) is -6.34. The Labute approximate surface area is 71.6 Å². The minimum Gasteiger partial charge on any atom is -0.380 e. The number of rotatable bonds is 2. The van der Waals surface area contributed by atoms with Crippen molar-refractivity contribution in [3.8, 4) is 0 Å². The van der Waals surface area contributed by atoms with Gasteiger partial charge in [0.05, 0.1) is 0 Å². The lowest BCUT2D eigenvalue weighted by Gasteiger charge is -2.06. The van der Waals surface area contributed by atoms with Gasteiger partial charge in [0, 0.05) is 6.54 Å². The first kappa shape index (κ1) is 9.76. The Morgan fingerprint density at radius 3 is 1.92 bits per heavy atom. The molecule has 0 radical (unpaired) electrons. The molecule has 0 unspecified atom stereocenters. The molecule has 1 aromatic rings. The van der Waals surface area contributed by atoms with Gasteiger partial charge in [-0.15, -0.1) is 0 Å². The maximum absolute atomic E-state index is 12.7. The zero-order chi connectivity index (χ0) is 10.0. The fourth-order valence-electron chi connectivity index (χ4n) is 0.819. The number of aromatic nitrogens is 1. The smallest absolute Gasteiger partial charge is 0.253 e. The molecule has 0 saturated carbocycles. The van der Waals surface area contributed by atoms with E-state index in [0.717, 1.165) is 0 Å². The van der Waals surface area contributed by atoms with E-state index in [9.17, 15) is 17.6 Å². The summed E-state index contributed by atoms with van der Waals surface area (Å²) >= 11 is 0. The van der Waals surface area contributed by atoms with Gasteiger partial charge in [-0.3, -0.25) is 0 Å². The summed E-state index contributed by atoms with van der Waals surface area (Å²) in [7, 11) is 0. The third-order valence-electron chi connectivity index (χ3n) is 1.35. The van der Waals surface area contributed by atoms with Crippen LogP contribution in [-0.4, -0.2) is 11.5 Å². The average Bonchev–Trinajstić information content (AvgIpc) is 2.09. The van der Waals surface area contributed by atoms with Crippen LogP contribution in [0.1, 0.15) is 6.92 Å². The van der Waals surface area contributed by atoms with Gasteiger partial charge in [-0.2, -0.15) is 22.5 Å². The van der Waals surface area contributed by atoms with Crippen molar-refractivity contribution >= 4 is 5.69 Å². The van der Waals surface area contributed by atoms with Crippen LogP contribution >= 0.6 is 0 Å². The molecule has 1 heterocycles. The third kappa shape index (κ3) is 1.71. The summed E-state index contributed by atoms with van der Waals surface area (Å²) in [6, 6.07) is 0. The van der Waals surface area contributed by atoms with Gasteiger partial charge in [0.2, 0.25) is 11.6 Å². The SMILES string of the molecule is CCNc1c(F)c(F)nc(F)c1F. The molecule has 0 spiro atoms. The molecule has 0 amide bonds. The number of anilines is 1. The maximum Gasteiger partial charge on any atom is 0.253 e. The van der Waals surface area contributed by atoms with Crippen LogP contribution in [0.15, 0.2) is 0 Å². The number of halogens is 4. The summed E-state index contributed by atoms with van der Waals surface area (Å²) < 4.78 is 50.3. The van der Waals surface area contributed by atoms with E-state index in [4.69, 9.17) is 0 Å². The number of nitrogens with zero attached hydrogens (tertiary/aromatic N) is 1. The molecule has 0 saturated heterocycles. The molecule has 1 rings (SSSR count). The summed E-state index contributed by atoms with van der Waals surface area (Å²) in [6.07, 6.45) is 0. The van der Waals surface area contributed by atoms with Crippen LogP contribution in [0.5, 0.6) is 0 Å². The van der Waals surface area contributed by atoms with Crippen LogP contribution in [0.2, 0.25) is 0 Å². The lowest BCUT2D eigenvalue weighted by atomic mass is 10.3. The topological polar surface area (TPSA) is 24.9 Å². The molecular weight excluding hydrogens is 188 g/mol. The van der Waals surface area contributed by atoms with E-state index in [0.29, 0.717) is 0 Å². The first-order valence-corrected chi connectivity index (χ1v) is 3.51. The van der Waals surface area contributed by atoms with Crippen molar-refractivity contribution in [1.82, 2.24) is 4.98 Å². The first-order valence-electron chi connectivity index (χ1n) is 3.51. The van der Waals surface area contributed by atoms with Gasteiger partial charge in [0.1, 0.15) is 5.69 Å². The van der Waals surface area contributed by atoms with Gasteiger partial charge in [0.25, 0.3) is 11.9 Å². The van der Waals surface area contributed by atoms with Gasteiger partial charge < -0.3 is 5.32 Å². The molecule has 0 fully saturated rings. The summed E-state index contributed by atoms with van der Waals surface area (Å²) in [6.45, 7) is 1.69. The van der Waals surface area contributed by atoms with Crippen molar-refractivity contribution in [2.75, 3.05) is 11.9 Å². The van der Waals surface area contributed by atoms with Gasteiger partial charge >= 0.3 is 0 Å². The normalized spacial score (nSPS) is 10.2. The molecule has 1 N–H and O–H groups in total. The lowest BCUT2D eigenvalue weighted by Crippen LogP contribution is -2.08. The lowest BCUT2D eigenvalue weighted by molar-refractivity contribution is 0.411. The minimum absolute atomic E-state index is 0.150. The zero-order valence-corrected chi connectivity index (χ0v) is 6.67. The molecule has 2 nitrogen and oxygen atoms in total. The van der Waals surface area contributed by atoms with Crippen molar-refractivity contribution in [3.05, 3.63) is 23.5 Å². The molecule has 0 atom stereocenters. The monoisotopic (exact) mass is 194 g/mol. The average molecular weight is 194 g/mol. The highest BCUT2D eigenvalue weighted by molar-refractivity contribution is 5.44. The highest BCUT2D eigenvalue weighted by atomic mass is 19.2. The van der Waals surface area contributed by atoms with Crippen LogP contribution in [0.25, 0.3) is 0 Å². The Bertz CT molecular complexity index is 301. The van der Waals surface area contributed by atoms with Crippen LogP contribution in [-0.2, 0) is 0 Å². The Morgan fingerprint density at radius 2 is 1.54 bits per heavy atom. The fraction of sp³-hybridized carbons (Fsp3) is 0.286. The Morgan fingerprint density at radius 1 is 1.08 bits per heavy atom. The van der Waals surface area contributed by atoms with E-state index >= 15 is 0 Å². The highest BCUT2D eigenvalue weighted by Gasteiger charge is 2.19. The zero-order valence-electron chi connectivity index (χ0n) is 6.67. The standard InChI is InChI=1S/C7H6F4N2/c1-2-12-5-3(8)6(10)13-7(11)4(5)9/h2H2,1H3,(H,12,13). The van der Waals surface area contributed by atoms with Crippen molar-refractivity contribution < 1.29 is 17.6 Å². The summed E-state index contributed by atoms with van der Waals surface area (Å²) in [5, 5.41) is 2.16. The maximum atomic E-state index is 12.7. The Balaban J connectivity index is 3.28. The minimum atomic E-state index is -1.66. The molecule has 6 heteroatoms. The van der Waals surface area contributed by atoms with Crippen molar-refractivity contribution in [2.45, 2.75) is 6.92 Å². The summed E-state index contributed by atoms with van der Waals surface area (Å²) in [4.78, 5) is 2.39. The van der Waals surface area contributed by atoms with E-state index in [2.05, 4.69) is 10.3 Å². The van der Waals surface area contributed by atoms with Crippen molar-refractivity contribution in [2.24, 2.45) is 0 Å². The van der Waals surface area contributed by atoms with Crippen molar-refractivity contribution in [3.63, 3.8) is 0 Å². The van der Waals surface area contributed by atoms with Gasteiger partial charge in [-0.1, -0.05) is 0 Å². The molecule has 0 aromatic carbocycles. The summed E-state index contributed by atoms with van der Waals surface area (Å²) in [5.41, 5.74) is -0.826. The third-order valence-corrected chi connectivity index (χ3v) is 1.35. The second-order valence-corrected chi connectivity index (χ2v) is 2.23. The van der Waals surface area contributed by atoms with Crippen molar-refractivity contribution in [1.29, 1.82) is 0 Å². The predicted octanol–water partition coefficient (Wildman–Crippen LogP) is 2.07. The molecule has 0 aliphatic rings. The van der Waals surface area contributed by atoms with E-state index in [1.165, 1.54) is 6.92 Å². The highest BCUT2D eigenvalue weighted by Crippen LogP contribution is 2.21. The Kier molecular flexibility index (Phi) is 2.69. The van der Waals surface area contributed by atoms with Crippen LogP contribution < -0.4 is 5.32 Å². The van der Waals surface area contributed by atoms with E-state index in [-0.39, 0.29) is 6.54 Å². The molecular formula is C7H6F4N2. The predicted molar refractivity (Wildman–Crippen MR) is 38.2 cm³/mol. The van der Waals surface area contributed by atoms with E-state index in [1.54, 1.807) is 0 Å². The van der Waals surface area contributed by atoms with Gasteiger partial charge in [-0.05, 0) is 6.92 Å². The molecule has 13 heavy (non-hydrogen) atoms. The van der Waals surface area contributed by atoms with E-state index < -0.39 is 29.2 Å². The van der Waals surface area contributed by atoms with Gasteiger partial charge in [-0.25, -0.2) is 0 Å². The largest absolute Gasteiger partial charge is 0.380 e. The molecule has 72 valence electrons. The number of pyridine rings is 1. The Hall–Kier alpha value is -1.33. The van der Waals surface area contributed by atoms with Crippen LogP contribution in [0.4, 0.5) is 23.2 Å². The number of nitrogens with one attached hydrogen (secondary N) is 1. The van der Waals surface area contributed by atoms with Gasteiger partial charge in [0.15, 0.2) is 0 Å². The molecule has 1 aromatic heterocycles. The fourth-order valence-corrected chi connectivity index (χ4v) is 0.819. The molecule has 0 aliphatic carbocycles. The molecule has 0 aliphatic heterocycles. The quantitative estimate of drug-likeness (QED) is 0.575. The van der Waals surface area contributed by atoms with Crippen LogP contribution in [0.3, 0.4) is 0 Å².